The molecular weight excluding hydrogens is 452 g/mol. The fourth-order valence-electron chi connectivity index (χ4n) is 5.63. The molecule has 174 valence electrons. The first-order valence-electron chi connectivity index (χ1n) is 12.5. The number of nitrogens with zero attached hydrogens (tertiary/aromatic N) is 3. The normalized spacial score (nSPS) is 11.8. The molecule has 0 unspecified atom stereocenters. The Hall–Kier alpha value is -5.09. The lowest BCUT2D eigenvalue weighted by Crippen LogP contribution is -1.98. The van der Waals surface area contributed by atoms with Gasteiger partial charge in [0, 0.05) is 44.1 Å². The highest BCUT2D eigenvalue weighted by atomic mass is 15.2. The van der Waals surface area contributed by atoms with Crippen LogP contribution in [0.1, 0.15) is 0 Å². The molecule has 0 saturated carbocycles. The molecule has 1 N–H and O–H groups in total. The summed E-state index contributed by atoms with van der Waals surface area (Å²) in [5.41, 5.74) is 8.73. The molecule has 0 fully saturated rings. The SMILES string of the molecule is c1ccc(-c2nc3c(c4cc5c(cc4n3-c3ccccc3)[nH]c3ccccc35)n2-c2ccccc2)cc1. The van der Waals surface area contributed by atoms with Gasteiger partial charge in [-0.1, -0.05) is 84.9 Å². The molecule has 3 aromatic heterocycles. The number of benzene rings is 5. The number of hydrogen-bond acceptors (Lipinski definition) is 1. The summed E-state index contributed by atoms with van der Waals surface area (Å²) >= 11 is 0. The highest BCUT2D eigenvalue weighted by Crippen LogP contribution is 2.40. The van der Waals surface area contributed by atoms with Gasteiger partial charge in [-0.05, 0) is 42.5 Å². The topological polar surface area (TPSA) is 38.5 Å². The average molecular weight is 475 g/mol. The highest BCUT2D eigenvalue weighted by molar-refractivity contribution is 6.17. The Morgan fingerprint density at radius 1 is 0.514 bits per heavy atom. The van der Waals surface area contributed by atoms with E-state index in [9.17, 15) is 0 Å². The third kappa shape index (κ3) is 2.93. The molecule has 8 rings (SSSR count). The number of nitrogens with one attached hydrogen (secondary N) is 1. The maximum Gasteiger partial charge on any atom is 0.165 e. The quantitative estimate of drug-likeness (QED) is 0.275. The second-order valence-corrected chi connectivity index (χ2v) is 9.40. The molecule has 0 aliphatic heterocycles. The minimum atomic E-state index is 0.933. The first-order chi connectivity index (χ1) is 18.4. The molecule has 0 aliphatic carbocycles. The summed E-state index contributed by atoms with van der Waals surface area (Å²) in [6.45, 7) is 0. The van der Waals surface area contributed by atoms with Crippen molar-refractivity contribution in [3.63, 3.8) is 0 Å². The van der Waals surface area contributed by atoms with Crippen LogP contribution >= 0.6 is 0 Å². The highest BCUT2D eigenvalue weighted by Gasteiger charge is 2.23. The molecule has 5 aromatic carbocycles. The van der Waals surface area contributed by atoms with Crippen LogP contribution in [0, 0.1) is 0 Å². The van der Waals surface area contributed by atoms with Crippen LogP contribution in [0.15, 0.2) is 127 Å². The van der Waals surface area contributed by atoms with Crippen molar-refractivity contribution >= 4 is 43.9 Å². The molecule has 0 spiro atoms. The van der Waals surface area contributed by atoms with Gasteiger partial charge in [0.15, 0.2) is 5.65 Å². The van der Waals surface area contributed by atoms with Crippen LogP contribution < -0.4 is 0 Å². The number of aromatic amines is 1. The predicted octanol–water partition coefficient (Wildman–Crippen LogP) is 8.27. The summed E-state index contributed by atoms with van der Waals surface area (Å²) in [6, 6.07) is 44.7. The molecule has 0 radical (unpaired) electrons. The summed E-state index contributed by atoms with van der Waals surface area (Å²) in [5, 5.41) is 3.63. The lowest BCUT2D eigenvalue weighted by atomic mass is 10.1. The van der Waals surface area contributed by atoms with E-state index >= 15 is 0 Å². The Labute approximate surface area is 213 Å². The molecule has 0 aliphatic rings. The van der Waals surface area contributed by atoms with E-state index in [0.717, 1.165) is 50.5 Å². The third-order valence-electron chi connectivity index (χ3n) is 7.25. The number of aromatic nitrogens is 4. The standard InChI is InChI=1S/C33H22N4/c1-4-12-22(13-5-1)32-35-33-31(37(32)24-16-8-3-9-17-24)27-20-26-25-18-10-11-19-28(25)34-29(26)21-30(27)36(33)23-14-6-2-7-15-23/h1-21,34H. The molecule has 0 saturated heterocycles. The zero-order chi connectivity index (χ0) is 24.3. The number of imidazole rings is 1. The molecule has 0 atom stereocenters. The van der Waals surface area contributed by atoms with Crippen LogP contribution in [0.2, 0.25) is 0 Å². The van der Waals surface area contributed by atoms with E-state index in [1.54, 1.807) is 0 Å². The maximum atomic E-state index is 5.33. The molecule has 8 aromatic rings. The van der Waals surface area contributed by atoms with Crippen LogP contribution in [0.4, 0.5) is 0 Å². The van der Waals surface area contributed by atoms with Gasteiger partial charge in [-0.25, -0.2) is 4.98 Å². The summed E-state index contributed by atoms with van der Waals surface area (Å²) in [5.74, 6) is 0.933. The monoisotopic (exact) mass is 474 g/mol. The van der Waals surface area contributed by atoms with Crippen molar-refractivity contribution in [2.45, 2.75) is 0 Å². The lowest BCUT2D eigenvalue weighted by molar-refractivity contribution is 1.10. The number of para-hydroxylation sites is 3. The van der Waals surface area contributed by atoms with Crippen molar-refractivity contribution in [3.8, 4) is 22.8 Å². The van der Waals surface area contributed by atoms with Gasteiger partial charge in [-0.3, -0.25) is 9.13 Å². The Balaban J connectivity index is 1.60. The average Bonchev–Trinajstić information content (AvgIpc) is 3.61. The zero-order valence-electron chi connectivity index (χ0n) is 20.0. The first kappa shape index (κ1) is 20.1. The molecule has 4 heteroatoms. The largest absolute Gasteiger partial charge is 0.354 e. The van der Waals surface area contributed by atoms with Gasteiger partial charge in [0.25, 0.3) is 0 Å². The Morgan fingerprint density at radius 3 is 1.86 bits per heavy atom. The van der Waals surface area contributed by atoms with Crippen LogP contribution in [-0.4, -0.2) is 19.1 Å². The first-order valence-corrected chi connectivity index (χ1v) is 12.5. The van der Waals surface area contributed by atoms with Gasteiger partial charge < -0.3 is 4.98 Å². The fourth-order valence-corrected chi connectivity index (χ4v) is 5.63. The van der Waals surface area contributed by atoms with Crippen molar-refractivity contribution in [1.82, 2.24) is 19.1 Å². The fraction of sp³-hybridized carbons (Fsp3) is 0. The minimum Gasteiger partial charge on any atom is -0.354 e. The van der Waals surface area contributed by atoms with E-state index in [1.807, 2.05) is 6.07 Å². The van der Waals surface area contributed by atoms with Gasteiger partial charge in [0.05, 0.1) is 5.52 Å². The van der Waals surface area contributed by atoms with Crippen molar-refractivity contribution in [2.75, 3.05) is 0 Å². The van der Waals surface area contributed by atoms with E-state index in [-0.39, 0.29) is 0 Å². The second-order valence-electron chi connectivity index (χ2n) is 9.40. The maximum absolute atomic E-state index is 5.33. The summed E-state index contributed by atoms with van der Waals surface area (Å²) in [7, 11) is 0. The van der Waals surface area contributed by atoms with Crippen molar-refractivity contribution in [1.29, 1.82) is 0 Å². The van der Waals surface area contributed by atoms with E-state index in [4.69, 9.17) is 4.98 Å². The van der Waals surface area contributed by atoms with Crippen molar-refractivity contribution < 1.29 is 0 Å². The number of hydrogen-bond donors (Lipinski definition) is 1. The molecule has 0 amide bonds. The zero-order valence-corrected chi connectivity index (χ0v) is 20.0. The molecule has 37 heavy (non-hydrogen) atoms. The van der Waals surface area contributed by atoms with Gasteiger partial charge in [-0.15, -0.1) is 0 Å². The summed E-state index contributed by atoms with van der Waals surface area (Å²) < 4.78 is 4.61. The summed E-state index contributed by atoms with van der Waals surface area (Å²) in [6.07, 6.45) is 0. The van der Waals surface area contributed by atoms with Crippen molar-refractivity contribution in [3.05, 3.63) is 127 Å². The van der Waals surface area contributed by atoms with E-state index < -0.39 is 0 Å². The Morgan fingerprint density at radius 2 is 1.14 bits per heavy atom. The van der Waals surface area contributed by atoms with Gasteiger partial charge in [0.2, 0.25) is 0 Å². The molecule has 4 nitrogen and oxygen atoms in total. The Bertz CT molecular complexity index is 2060. The van der Waals surface area contributed by atoms with E-state index in [2.05, 4.69) is 135 Å². The molecule has 0 bridgehead atoms. The smallest absolute Gasteiger partial charge is 0.165 e. The van der Waals surface area contributed by atoms with E-state index in [1.165, 1.54) is 16.2 Å². The summed E-state index contributed by atoms with van der Waals surface area (Å²) in [4.78, 5) is 8.95. The molecule has 3 heterocycles. The lowest BCUT2D eigenvalue weighted by Gasteiger charge is -2.10. The van der Waals surface area contributed by atoms with Crippen molar-refractivity contribution in [2.24, 2.45) is 0 Å². The number of fused-ring (bicyclic) bond motifs is 6. The van der Waals surface area contributed by atoms with Gasteiger partial charge in [-0.2, -0.15) is 0 Å². The predicted molar refractivity (Wildman–Crippen MR) is 153 cm³/mol. The second kappa shape index (κ2) is 7.70. The third-order valence-corrected chi connectivity index (χ3v) is 7.25. The van der Waals surface area contributed by atoms with Crippen LogP contribution in [0.25, 0.3) is 66.6 Å². The van der Waals surface area contributed by atoms with Crippen LogP contribution in [0.5, 0.6) is 0 Å². The number of rotatable bonds is 3. The molecular formula is C33H22N4. The van der Waals surface area contributed by atoms with E-state index in [0.29, 0.717) is 0 Å². The van der Waals surface area contributed by atoms with Gasteiger partial charge in [0.1, 0.15) is 11.3 Å². The minimum absolute atomic E-state index is 0.933. The Kier molecular flexibility index (Phi) is 4.19. The number of H-pyrrole nitrogens is 1. The van der Waals surface area contributed by atoms with Gasteiger partial charge >= 0.3 is 0 Å². The van der Waals surface area contributed by atoms with Crippen LogP contribution in [0.3, 0.4) is 0 Å². The van der Waals surface area contributed by atoms with Crippen LogP contribution in [-0.2, 0) is 0 Å².